The molecule has 0 saturated heterocycles. The minimum atomic E-state index is -0.458. The van der Waals surface area contributed by atoms with Gasteiger partial charge in [0.2, 0.25) is 0 Å². The lowest BCUT2D eigenvalue weighted by atomic mass is 10.00. The van der Waals surface area contributed by atoms with Crippen LogP contribution in [0.25, 0.3) is 0 Å². The van der Waals surface area contributed by atoms with Crippen LogP contribution in [0.3, 0.4) is 0 Å². The van der Waals surface area contributed by atoms with E-state index >= 15 is 0 Å². The van der Waals surface area contributed by atoms with E-state index in [-0.39, 0.29) is 5.91 Å². The number of carbonyl (C=O) groups is 1. The Morgan fingerprint density at radius 1 is 0.929 bits per heavy atom. The molecule has 4 nitrogen and oxygen atoms in total. The third-order valence-electron chi connectivity index (χ3n) is 4.94. The fourth-order valence-electron chi connectivity index (χ4n) is 3.47. The molecule has 28 heavy (non-hydrogen) atoms. The summed E-state index contributed by atoms with van der Waals surface area (Å²) in [5.74, 6) is 0.795. The van der Waals surface area contributed by atoms with Gasteiger partial charge in [-0.05, 0) is 30.7 Å². The number of aliphatic imine (C=N–C) groups is 1. The number of anilines is 1. The highest BCUT2D eigenvalue weighted by molar-refractivity contribution is 6.20. The fraction of sp³-hybridized carbons (Fsp3) is 0.167. The molecule has 1 amide bonds. The maximum absolute atomic E-state index is 13.2. The summed E-state index contributed by atoms with van der Waals surface area (Å²) < 4.78 is 5.24. The molecule has 4 heteroatoms. The van der Waals surface area contributed by atoms with E-state index in [1.807, 2.05) is 90.7 Å². The summed E-state index contributed by atoms with van der Waals surface area (Å²) in [4.78, 5) is 19.8. The van der Waals surface area contributed by atoms with Gasteiger partial charge in [0.1, 0.15) is 11.8 Å². The van der Waals surface area contributed by atoms with E-state index in [1.165, 1.54) is 0 Å². The fourth-order valence-corrected chi connectivity index (χ4v) is 3.47. The lowest BCUT2D eigenvalue weighted by molar-refractivity contribution is -0.119. The predicted octanol–water partition coefficient (Wildman–Crippen LogP) is 4.47. The summed E-state index contributed by atoms with van der Waals surface area (Å²) in [6.07, 6.45) is 0. The maximum atomic E-state index is 13.2. The molecule has 1 atom stereocenters. The number of benzene rings is 3. The number of para-hydroxylation sites is 1. The Bertz CT molecular complexity index is 1010. The van der Waals surface area contributed by atoms with Crippen LogP contribution in [0.15, 0.2) is 83.9 Å². The zero-order valence-corrected chi connectivity index (χ0v) is 16.0. The van der Waals surface area contributed by atoms with Gasteiger partial charge >= 0.3 is 0 Å². The van der Waals surface area contributed by atoms with Gasteiger partial charge in [-0.1, -0.05) is 60.7 Å². The molecular weight excluding hydrogens is 348 g/mol. The van der Waals surface area contributed by atoms with Crippen LogP contribution in [0.1, 0.15) is 23.6 Å². The summed E-state index contributed by atoms with van der Waals surface area (Å²) >= 11 is 0. The van der Waals surface area contributed by atoms with E-state index < -0.39 is 6.04 Å². The van der Waals surface area contributed by atoms with Crippen molar-refractivity contribution in [2.24, 2.45) is 4.99 Å². The Hall–Kier alpha value is -3.40. The summed E-state index contributed by atoms with van der Waals surface area (Å²) in [5.41, 5.74) is 4.77. The largest absolute Gasteiger partial charge is 0.497 e. The molecule has 140 valence electrons. The third-order valence-corrected chi connectivity index (χ3v) is 4.94. The molecular formula is C24H22N2O2. The van der Waals surface area contributed by atoms with Crippen LogP contribution < -0.4 is 9.64 Å². The van der Waals surface area contributed by atoms with Crippen LogP contribution in [-0.2, 0) is 11.3 Å². The minimum Gasteiger partial charge on any atom is -0.497 e. The topological polar surface area (TPSA) is 41.9 Å². The number of amides is 1. The number of carbonyl (C=O) groups excluding carboxylic acids is 1. The van der Waals surface area contributed by atoms with Crippen LogP contribution in [-0.4, -0.2) is 24.8 Å². The number of benzodiazepines with no additional fused rings is 1. The predicted molar refractivity (Wildman–Crippen MR) is 112 cm³/mol. The molecule has 0 radical (unpaired) electrons. The number of fused-ring (bicyclic) bond motifs is 1. The molecule has 0 saturated carbocycles. The Morgan fingerprint density at radius 2 is 1.61 bits per heavy atom. The molecule has 0 aromatic heterocycles. The van der Waals surface area contributed by atoms with E-state index in [0.29, 0.717) is 6.54 Å². The van der Waals surface area contributed by atoms with Crippen LogP contribution >= 0.6 is 0 Å². The van der Waals surface area contributed by atoms with Crippen LogP contribution in [0, 0.1) is 0 Å². The van der Waals surface area contributed by atoms with Crippen molar-refractivity contribution < 1.29 is 9.53 Å². The lowest BCUT2D eigenvalue weighted by Crippen LogP contribution is -2.36. The van der Waals surface area contributed by atoms with Gasteiger partial charge in [0.05, 0.1) is 25.1 Å². The molecule has 0 N–H and O–H groups in total. The Labute approximate surface area is 165 Å². The summed E-state index contributed by atoms with van der Waals surface area (Å²) in [7, 11) is 1.65. The highest BCUT2D eigenvalue weighted by Crippen LogP contribution is 2.30. The van der Waals surface area contributed by atoms with Crippen molar-refractivity contribution in [2.75, 3.05) is 12.0 Å². The van der Waals surface area contributed by atoms with Crippen molar-refractivity contribution in [3.8, 4) is 5.75 Å². The summed E-state index contributed by atoms with van der Waals surface area (Å²) in [5, 5.41) is 0. The monoisotopic (exact) mass is 370 g/mol. The van der Waals surface area contributed by atoms with Gasteiger partial charge < -0.3 is 9.64 Å². The van der Waals surface area contributed by atoms with E-state index in [0.717, 1.165) is 33.8 Å². The molecule has 1 aliphatic heterocycles. The molecule has 1 unspecified atom stereocenters. The molecule has 0 fully saturated rings. The van der Waals surface area contributed by atoms with Crippen LogP contribution in [0.2, 0.25) is 0 Å². The van der Waals surface area contributed by atoms with E-state index in [4.69, 9.17) is 9.73 Å². The first-order valence-electron chi connectivity index (χ1n) is 9.34. The Kier molecular flexibility index (Phi) is 4.94. The molecule has 1 aliphatic rings. The van der Waals surface area contributed by atoms with E-state index in [9.17, 15) is 4.79 Å². The van der Waals surface area contributed by atoms with Crippen LogP contribution in [0.4, 0.5) is 5.69 Å². The van der Waals surface area contributed by atoms with Gasteiger partial charge in [0.15, 0.2) is 0 Å². The second-order valence-corrected chi connectivity index (χ2v) is 6.81. The molecule has 3 aromatic carbocycles. The lowest BCUT2D eigenvalue weighted by Gasteiger charge is -2.24. The number of methoxy groups -OCH3 is 1. The number of hydrogen-bond acceptors (Lipinski definition) is 3. The normalized spacial score (nSPS) is 16.2. The van der Waals surface area contributed by atoms with E-state index in [2.05, 4.69) is 0 Å². The van der Waals surface area contributed by atoms with Gasteiger partial charge in [-0.3, -0.25) is 9.79 Å². The van der Waals surface area contributed by atoms with Gasteiger partial charge in [0, 0.05) is 11.1 Å². The second kappa shape index (κ2) is 7.69. The summed E-state index contributed by atoms with van der Waals surface area (Å²) in [6.45, 7) is 2.35. The van der Waals surface area contributed by atoms with Gasteiger partial charge in [-0.2, -0.15) is 0 Å². The molecule has 1 heterocycles. The summed E-state index contributed by atoms with van der Waals surface area (Å²) in [6, 6.07) is 25.4. The Morgan fingerprint density at radius 3 is 2.32 bits per heavy atom. The standard InChI is InChI=1S/C24H22N2O2/c1-17-24(27)26(16-18-12-14-20(28-2)15-13-18)22-11-7-6-10-21(22)23(25-17)19-8-4-3-5-9-19/h3-15,17H,16H2,1-2H3. The quantitative estimate of drug-likeness (QED) is 0.680. The average Bonchev–Trinajstić information content (AvgIpc) is 2.85. The van der Waals surface area contributed by atoms with Crippen molar-refractivity contribution in [2.45, 2.75) is 19.5 Å². The first-order valence-corrected chi connectivity index (χ1v) is 9.34. The van der Waals surface area contributed by atoms with Gasteiger partial charge in [-0.25, -0.2) is 0 Å². The molecule has 0 bridgehead atoms. The SMILES string of the molecule is COc1ccc(CN2C(=O)C(C)N=C(c3ccccc3)c3ccccc32)cc1. The highest BCUT2D eigenvalue weighted by Gasteiger charge is 2.29. The van der Waals surface area contributed by atoms with Crippen molar-refractivity contribution in [1.29, 1.82) is 0 Å². The van der Waals surface area contributed by atoms with Crippen molar-refractivity contribution in [1.82, 2.24) is 0 Å². The maximum Gasteiger partial charge on any atom is 0.251 e. The zero-order chi connectivity index (χ0) is 19.5. The minimum absolute atomic E-state index is 0.00537. The second-order valence-electron chi connectivity index (χ2n) is 6.81. The van der Waals surface area contributed by atoms with E-state index in [1.54, 1.807) is 7.11 Å². The number of nitrogens with zero attached hydrogens (tertiary/aromatic N) is 2. The molecule has 0 spiro atoms. The smallest absolute Gasteiger partial charge is 0.251 e. The number of ether oxygens (including phenoxy) is 1. The Balaban J connectivity index is 1.78. The molecule has 4 rings (SSSR count). The van der Waals surface area contributed by atoms with Crippen molar-refractivity contribution in [3.63, 3.8) is 0 Å². The first kappa shape index (κ1) is 18.0. The number of rotatable bonds is 4. The van der Waals surface area contributed by atoms with Gasteiger partial charge in [-0.15, -0.1) is 0 Å². The van der Waals surface area contributed by atoms with Crippen LogP contribution in [0.5, 0.6) is 5.75 Å². The third kappa shape index (κ3) is 3.41. The van der Waals surface area contributed by atoms with Gasteiger partial charge in [0.25, 0.3) is 5.91 Å². The first-order chi connectivity index (χ1) is 13.7. The zero-order valence-electron chi connectivity index (χ0n) is 16.0. The highest BCUT2D eigenvalue weighted by atomic mass is 16.5. The molecule has 3 aromatic rings. The number of hydrogen-bond donors (Lipinski definition) is 0. The van der Waals surface area contributed by atoms with Crippen molar-refractivity contribution >= 4 is 17.3 Å². The molecule has 0 aliphatic carbocycles. The average molecular weight is 370 g/mol. The van der Waals surface area contributed by atoms with Crippen molar-refractivity contribution in [3.05, 3.63) is 95.6 Å².